The number of nitrogens with one attached hydrogen (secondary N) is 1. The molecule has 120 valence electrons. The molecule has 0 atom stereocenters. The van der Waals surface area contributed by atoms with Crippen LogP contribution >= 0.6 is 0 Å². The van der Waals surface area contributed by atoms with Gasteiger partial charge in [0.1, 0.15) is 28.7 Å². The van der Waals surface area contributed by atoms with Gasteiger partial charge in [0.25, 0.3) is 0 Å². The number of nitrogens with zero attached hydrogens (tertiary/aromatic N) is 2. The summed E-state index contributed by atoms with van der Waals surface area (Å²) in [4.78, 5) is 4.72. The predicted octanol–water partition coefficient (Wildman–Crippen LogP) is 4.65. The lowest BCUT2D eigenvalue weighted by Gasteiger charge is -2.08. The summed E-state index contributed by atoms with van der Waals surface area (Å²) in [6.45, 7) is 2.57. The van der Waals surface area contributed by atoms with Crippen molar-refractivity contribution in [3.05, 3.63) is 78.1 Å². The minimum absolute atomic E-state index is 0.261. The zero-order chi connectivity index (χ0) is 16.5. The van der Waals surface area contributed by atoms with E-state index in [9.17, 15) is 4.39 Å². The molecule has 3 heterocycles. The SMILES string of the molecule is Cc1ccn2c(NCc3ccco3)c(-c3ccc(F)cc3)nc2c1. The molecule has 0 bridgehead atoms. The molecule has 5 heteroatoms. The zero-order valence-corrected chi connectivity index (χ0v) is 13.2. The smallest absolute Gasteiger partial charge is 0.139 e. The zero-order valence-electron chi connectivity index (χ0n) is 13.2. The normalized spacial score (nSPS) is 11.1. The second-order valence-electron chi connectivity index (χ2n) is 5.68. The molecule has 4 rings (SSSR count). The summed E-state index contributed by atoms with van der Waals surface area (Å²) in [6.07, 6.45) is 3.63. The van der Waals surface area contributed by atoms with Crippen molar-refractivity contribution in [3.63, 3.8) is 0 Å². The number of furan rings is 1. The molecule has 4 aromatic rings. The van der Waals surface area contributed by atoms with Crippen LogP contribution in [0.25, 0.3) is 16.9 Å². The van der Waals surface area contributed by atoms with E-state index in [1.54, 1.807) is 18.4 Å². The van der Waals surface area contributed by atoms with Crippen LogP contribution in [0.4, 0.5) is 10.2 Å². The Morgan fingerprint density at radius 3 is 2.75 bits per heavy atom. The Bertz CT molecular complexity index is 972. The number of imidazole rings is 1. The molecule has 24 heavy (non-hydrogen) atoms. The third-order valence-corrected chi connectivity index (χ3v) is 3.91. The topological polar surface area (TPSA) is 42.5 Å². The first-order valence-corrected chi connectivity index (χ1v) is 7.71. The van der Waals surface area contributed by atoms with Crippen LogP contribution in [0.2, 0.25) is 0 Å². The van der Waals surface area contributed by atoms with Gasteiger partial charge in [-0.2, -0.15) is 0 Å². The molecule has 1 aromatic carbocycles. The van der Waals surface area contributed by atoms with Crippen LogP contribution in [0, 0.1) is 12.7 Å². The molecule has 0 aliphatic carbocycles. The Morgan fingerprint density at radius 2 is 2.00 bits per heavy atom. The van der Waals surface area contributed by atoms with Crippen molar-refractivity contribution in [2.75, 3.05) is 5.32 Å². The predicted molar refractivity (Wildman–Crippen MR) is 91.4 cm³/mol. The number of halogens is 1. The third kappa shape index (κ3) is 2.65. The largest absolute Gasteiger partial charge is 0.467 e. The first-order valence-electron chi connectivity index (χ1n) is 7.71. The summed E-state index contributed by atoms with van der Waals surface area (Å²) in [7, 11) is 0. The van der Waals surface area contributed by atoms with Gasteiger partial charge >= 0.3 is 0 Å². The molecular formula is C19H16FN3O. The van der Waals surface area contributed by atoms with Crippen molar-refractivity contribution < 1.29 is 8.81 Å². The van der Waals surface area contributed by atoms with Gasteiger partial charge in [-0.3, -0.25) is 4.40 Å². The molecular weight excluding hydrogens is 305 g/mol. The maximum atomic E-state index is 13.2. The van der Waals surface area contributed by atoms with Crippen LogP contribution in [-0.4, -0.2) is 9.38 Å². The molecule has 0 radical (unpaired) electrons. The molecule has 0 spiro atoms. The van der Waals surface area contributed by atoms with Gasteiger partial charge in [0, 0.05) is 11.8 Å². The van der Waals surface area contributed by atoms with Crippen LogP contribution < -0.4 is 5.32 Å². The number of anilines is 1. The van der Waals surface area contributed by atoms with Gasteiger partial charge in [-0.05, 0) is 61.0 Å². The highest BCUT2D eigenvalue weighted by molar-refractivity contribution is 5.76. The van der Waals surface area contributed by atoms with Gasteiger partial charge in [-0.25, -0.2) is 9.37 Å². The minimum Gasteiger partial charge on any atom is -0.467 e. The van der Waals surface area contributed by atoms with E-state index in [-0.39, 0.29) is 5.82 Å². The molecule has 0 aliphatic rings. The van der Waals surface area contributed by atoms with Gasteiger partial charge in [0.15, 0.2) is 0 Å². The Labute approximate surface area is 138 Å². The Morgan fingerprint density at radius 1 is 1.17 bits per heavy atom. The highest BCUT2D eigenvalue weighted by atomic mass is 19.1. The highest BCUT2D eigenvalue weighted by Crippen LogP contribution is 2.29. The Balaban J connectivity index is 1.81. The maximum absolute atomic E-state index is 13.2. The van der Waals surface area contributed by atoms with Crippen LogP contribution in [0.1, 0.15) is 11.3 Å². The van der Waals surface area contributed by atoms with E-state index in [0.717, 1.165) is 34.0 Å². The van der Waals surface area contributed by atoms with Crippen molar-refractivity contribution in [3.8, 4) is 11.3 Å². The van der Waals surface area contributed by atoms with Gasteiger partial charge in [-0.15, -0.1) is 0 Å². The van der Waals surface area contributed by atoms with Crippen molar-refractivity contribution in [1.29, 1.82) is 0 Å². The van der Waals surface area contributed by atoms with Crippen molar-refractivity contribution in [2.24, 2.45) is 0 Å². The maximum Gasteiger partial charge on any atom is 0.139 e. The van der Waals surface area contributed by atoms with E-state index in [1.165, 1.54) is 12.1 Å². The van der Waals surface area contributed by atoms with Gasteiger partial charge in [0.2, 0.25) is 0 Å². The quantitative estimate of drug-likeness (QED) is 0.595. The fraction of sp³-hybridized carbons (Fsp3) is 0.105. The fourth-order valence-electron chi connectivity index (χ4n) is 2.71. The highest BCUT2D eigenvalue weighted by Gasteiger charge is 2.14. The number of rotatable bonds is 4. The molecule has 1 N–H and O–H groups in total. The second kappa shape index (κ2) is 5.85. The van der Waals surface area contributed by atoms with E-state index in [2.05, 4.69) is 5.32 Å². The van der Waals surface area contributed by atoms with Crippen LogP contribution in [0.3, 0.4) is 0 Å². The van der Waals surface area contributed by atoms with Gasteiger partial charge in [0.05, 0.1) is 12.8 Å². The van der Waals surface area contributed by atoms with Crippen molar-refractivity contribution >= 4 is 11.5 Å². The Hall–Kier alpha value is -3.08. The van der Waals surface area contributed by atoms with Crippen LogP contribution in [0.15, 0.2) is 65.4 Å². The summed E-state index contributed by atoms with van der Waals surface area (Å²) in [5.41, 5.74) is 3.62. The lowest BCUT2D eigenvalue weighted by atomic mass is 10.1. The number of hydrogen-bond donors (Lipinski definition) is 1. The van der Waals surface area contributed by atoms with E-state index in [0.29, 0.717) is 6.54 Å². The molecule has 0 saturated heterocycles. The first-order chi connectivity index (χ1) is 11.7. The number of aryl methyl sites for hydroxylation is 1. The standard InChI is InChI=1S/C19H16FN3O/c1-13-8-9-23-17(11-13)22-18(14-4-6-15(20)7-5-14)19(23)21-12-16-3-2-10-24-16/h2-11,21H,12H2,1H3. The van der Waals surface area contributed by atoms with Crippen molar-refractivity contribution in [2.45, 2.75) is 13.5 Å². The lowest BCUT2D eigenvalue weighted by molar-refractivity contribution is 0.518. The monoisotopic (exact) mass is 321 g/mol. The van der Waals surface area contributed by atoms with E-state index >= 15 is 0 Å². The molecule has 3 aromatic heterocycles. The average Bonchev–Trinajstić information content (AvgIpc) is 3.20. The summed E-state index contributed by atoms with van der Waals surface area (Å²) in [5, 5.41) is 3.38. The summed E-state index contributed by atoms with van der Waals surface area (Å²) < 4.78 is 20.6. The number of aromatic nitrogens is 2. The lowest BCUT2D eigenvalue weighted by Crippen LogP contribution is -2.02. The second-order valence-corrected chi connectivity index (χ2v) is 5.68. The van der Waals surface area contributed by atoms with Crippen molar-refractivity contribution in [1.82, 2.24) is 9.38 Å². The van der Waals surface area contributed by atoms with E-state index in [4.69, 9.17) is 9.40 Å². The molecule has 0 fully saturated rings. The summed E-state index contributed by atoms with van der Waals surface area (Å²) in [5.74, 6) is 1.43. The average molecular weight is 321 g/mol. The number of fused-ring (bicyclic) bond motifs is 1. The summed E-state index contributed by atoms with van der Waals surface area (Å²) in [6, 6.07) is 14.2. The van der Waals surface area contributed by atoms with E-state index in [1.807, 2.05) is 41.8 Å². The first kappa shape index (κ1) is 14.5. The molecule has 4 nitrogen and oxygen atoms in total. The molecule has 0 unspecified atom stereocenters. The third-order valence-electron chi connectivity index (χ3n) is 3.91. The molecule has 0 amide bonds. The molecule has 0 aliphatic heterocycles. The number of benzene rings is 1. The number of hydrogen-bond acceptors (Lipinski definition) is 3. The summed E-state index contributed by atoms with van der Waals surface area (Å²) >= 11 is 0. The van der Waals surface area contributed by atoms with E-state index < -0.39 is 0 Å². The van der Waals surface area contributed by atoms with Gasteiger partial charge in [-0.1, -0.05) is 0 Å². The number of pyridine rings is 1. The van der Waals surface area contributed by atoms with Gasteiger partial charge < -0.3 is 9.73 Å². The van der Waals surface area contributed by atoms with Crippen LogP contribution in [-0.2, 0) is 6.54 Å². The Kier molecular flexibility index (Phi) is 3.54. The minimum atomic E-state index is -0.261. The van der Waals surface area contributed by atoms with Crippen LogP contribution in [0.5, 0.6) is 0 Å². The molecule has 0 saturated carbocycles. The fourth-order valence-corrected chi connectivity index (χ4v) is 2.71.